The van der Waals surface area contributed by atoms with Crippen molar-refractivity contribution in [1.82, 2.24) is 29.7 Å². The fraction of sp³-hybridized carbons (Fsp3) is 0.812. The van der Waals surface area contributed by atoms with Crippen molar-refractivity contribution < 1.29 is 13.2 Å². The zero-order valence-corrected chi connectivity index (χ0v) is 20.2. The number of methoxy groups -OCH3 is 1. The van der Waals surface area contributed by atoms with Crippen molar-refractivity contribution in [3.8, 4) is 0 Å². The molecule has 1 aromatic rings. The van der Waals surface area contributed by atoms with Gasteiger partial charge in [-0.3, -0.25) is 4.99 Å². The topological polar surface area (TPSA) is 114 Å². The standard InChI is InChI=1S/C16H31N7O3S.HI/c1-5-27(24,25)22(3)10-6-9-18-16(17-2)19-13-7-8-15-20-14(12-26-4)21-23(15)11-13;/h13H,5-12H2,1-4H3,(H2,17,18,19);1H. The number of hydrogen-bond acceptors (Lipinski definition) is 6. The van der Waals surface area contributed by atoms with E-state index in [4.69, 9.17) is 4.74 Å². The van der Waals surface area contributed by atoms with E-state index in [1.807, 2.05) is 4.68 Å². The summed E-state index contributed by atoms with van der Waals surface area (Å²) in [7, 11) is 1.85. The van der Waals surface area contributed by atoms with Gasteiger partial charge in [0.25, 0.3) is 0 Å². The number of aryl methyl sites for hydroxylation is 1. The van der Waals surface area contributed by atoms with Crippen molar-refractivity contribution in [3.05, 3.63) is 11.6 Å². The zero-order chi connectivity index (χ0) is 19.9. The summed E-state index contributed by atoms with van der Waals surface area (Å²) < 4.78 is 31.9. The predicted octanol–water partition coefficient (Wildman–Crippen LogP) is 0.194. The molecule has 0 radical (unpaired) electrons. The molecule has 1 aliphatic rings. The maximum Gasteiger partial charge on any atom is 0.213 e. The van der Waals surface area contributed by atoms with Crippen molar-refractivity contribution in [2.45, 2.75) is 45.4 Å². The van der Waals surface area contributed by atoms with Gasteiger partial charge in [-0.25, -0.2) is 22.4 Å². The van der Waals surface area contributed by atoms with Crippen LogP contribution in [-0.2, 0) is 34.3 Å². The lowest BCUT2D eigenvalue weighted by atomic mass is 10.1. The minimum Gasteiger partial charge on any atom is -0.377 e. The number of halogens is 1. The van der Waals surface area contributed by atoms with E-state index in [1.54, 1.807) is 28.1 Å². The Hall–Kier alpha value is -0.990. The molecule has 2 rings (SSSR count). The molecule has 1 aliphatic heterocycles. The average molecular weight is 529 g/mol. The molecule has 0 fully saturated rings. The number of sulfonamides is 1. The highest BCUT2D eigenvalue weighted by Crippen LogP contribution is 2.13. The van der Waals surface area contributed by atoms with Gasteiger partial charge in [-0.2, -0.15) is 5.10 Å². The Balaban J connectivity index is 0.00000392. The summed E-state index contributed by atoms with van der Waals surface area (Å²) in [6.07, 6.45) is 2.50. The number of rotatable bonds is 9. The first-order valence-corrected chi connectivity index (χ1v) is 10.8. The summed E-state index contributed by atoms with van der Waals surface area (Å²) in [4.78, 5) is 8.73. The van der Waals surface area contributed by atoms with E-state index in [9.17, 15) is 8.42 Å². The molecular formula is C16H32IN7O3S. The van der Waals surface area contributed by atoms with Gasteiger partial charge in [0, 0.05) is 46.8 Å². The lowest BCUT2D eigenvalue weighted by molar-refractivity contribution is 0.177. The second kappa shape index (κ2) is 11.9. The van der Waals surface area contributed by atoms with Crippen molar-refractivity contribution >= 4 is 40.0 Å². The molecule has 0 aliphatic carbocycles. The fourth-order valence-corrected chi connectivity index (χ4v) is 3.77. The molecule has 1 atom stereocenters. The van der Waals surface area contributed by atoms with E-state index >= 15 is 0 Å². The van der Waals surface area contributed by atoms with Gasteiger partial charge in [0.2, 0.25) is 10.0 Å². The lowest BCUT2D eigenvalue weighted by Gasteiger charge is -2.25. The number of aromatic nitrogens is 3. The van der Waals surface area contributed by atoms with Crippen molar-refractivity contribution in [1.29, 1.82) is 0 Å². The number of nitrogens with one attached hydrogen (secondary N) is 2. The largest absolute Gasteiger partial charge is 0.377 e. The molecule has 28 heavy (non-hydrogen) atoms. The molecule has 0 bridgehead atoms. The zero-order valence-electron chi connectivity index (χ0n) is 17.0. The van der Waals surface area contributed by atoms with E-state index in [2.05, 4.69) is 25.7 Å². The van der Waals surface area contributed by atoms with Crippen LogP contribution in [0.25, 0.3) is 0 Å². The van der Waals surface area contributed by atoms with Gasteiger partial charge in [-0.15, -0.1) is 24.0 Å². The molecule has 2 N–H and O–H groups in total. The van der Waals surface area contributed by atoms with Crippen molar-refractivity contribution in [2.24, 2.45) is 4.99 Å². The van der Waals surface area contributed by atoms with Crippen LogP contribution in [0.2, 0.25) is 0 Å². The Morgan fingerprint density at radius 1 is 1.46 bits per heavy atom. The fourth-order valence-electron chi connectivity index (χ4n) is 2.92. The second-order valence-corrected chi connectivity index (χ2v) is 8.88. The van der Waals surface area contributed by atoms with Gasteiger partial charge in [-0.1, -0.05) is 0 Å². The summed E-state index contributed by atoms with van der Waals surface area (Å²) in [6.45, 7) is 3.92. The van der Waals surface area contributed by atoms with Crippen molar-refractivity contribution in [2.75, 3.05) is 40.0 Å². The Labute approximate surface area is 184 Å². The predicted molar refractivity (Wildman–Crippen MR) is 119 cm³/mol. The maximum absolute atomic E-state index is 11.7. The molecule has 1 aromatic heterocycles. The van der Waals surface area contributed by atoms with Gasteiger partial charge < -0.3 is 15.4 Å². The van der Waals surface area contributed by atoms with Crippen LogP contribution < -0.4 is 10.6 Å². The molecule has 2 heterocycles. The lowest BCUT2D eigenvalue weighted by Crippen LogP contribution is -2.47. The van der Waals surface area contributed by atoms with Gasteiger partial charge in [0.1, 0.15) is 12.4 Å². The smallest absolute Gasteiger partial charge is 0.213 e. The number of hydrogen-bond donors (Lipinski definition) is 2. The SMILES string of the molecule is CCS(=O)(=O)N(C)CCCNC(=NC)NC1CCc2nc(COC)nn2C1.I. The highest BCUT2D eigenvalue weighted by molar-refractivity contribution is 14.0. The van der Waals surface area contributed by atoms with Gasteiger partial charge in [0.05, 0.1) is 12.3 Å². The van der Waals surface area contributed by atoms with Crippen molar-refractivity contribution in [3.63, 3.8) is 0 Å². The first-order chi connectivity index (χ1) is 12.9. The summed E-state index contributed by atoms with van der Waals surface area (Å²) in [6, 6.07) is 0.212. The Morgan fingerprint density at radius 2 is 2.21 bits per heavy atom. The van der Waals surface area contributed by atoms with Crippen LogP contribution in [0, 0.1) is 0 Å². The Morgan fingerprint density at radius 3 is 2.86 bits per heavy atom. The number of ether oxygens (including phenoxy) is 1. The minimum atomic E-state index is -3.12. The minimum absolute atomic E-state index is 0. The van der Waals surface area contributed by atoms with E-state index in [1.165, 1.54) is 4.31 Å². The first kappa shape index (κ1) is 25.0. The van der Waals surface area contributed by atoms with Crippen LogP contribution in [-0.4, -0.2) is 79.5 Å². The van der Waals surface area contributed by atoms with E-state index in [0.717, 1.165) is 25.2 Å². The van der Waals surface area contributed by atoms with Crippen LogP contribution in [0.1, 0.15) is 31.4 Å². The van der Waals surface area contributed by atoms with Gasteiger partial charge >= 0.3 is 0 Å². The number of fused-ring (bicyclic) bond motifs is 1. The third-order valence-electron chi connectivity index (χ3n) is 4.52. The van der Waals surface area contributed by atoms with Crippen LogP contribution in [0.15, 0.2) is 4.99 Å². The Bertz CT molecular complexity index is 739. The molecule has 0 amide bonds. The molecule has 12 heteroatoms. The molecular weight excluding hydrogens is 497 g/mol. The molecule has 10 nitrogen and oxygen atoms in total. The number of guanidine groups is 1. The van der Waals surface area contributed by atoms with Gasteiger partial charge in [0.15, 0.2) is 11.8 Å². The third-order valence-corrected chi connectivity index (χ3v) is 6.38. The van der Waals surface area contributed by atoms with Crippen LogP contribution in [0.5, 0.6) is 0 Å². The summed E-state index contributed by atoms with van der Waals surface area (Å²) in [5.74, 6) is 2.53. The monoisotopic (exact) mass is 529 g/mol. The van der Waals surface area contributed by atoms with Gasteiger partial charge in [-0.05, 0) is 19.8 Å². The molecule has 0 saturated heterocycles. The van der Waals surface area contributed by atoms with Crippen LogP contribution in [0.3, 0.4) is 0 Å². The second-order valence-electron chi connectivity index (χ2n) is 6.51. The normalized spacial score (nSPS) is 17.2. The molecule has 0 aromatic carbocycles. The summed E-state index contributed by atoms with van der Waals surface area (Å²) >= 11 is 0. The summed E-state index contributed by atoms with van der Waals surface area (Å²) in [5.41, 5.74) is 0. The van der Waals surface area contributed by atoms with E-state index < -0.39 is 10.0 Å². The first-order valence-electron chi connectivity index (χ1n) is 9.22. The number of nitrogens with zero attached hydrogens (tertiary/aromatic N) is 5. The maximum atomic E-state index is 11.7. The highest BCUT2D eigenvalue weighted by Gasteiger charge is 2.22. The van der Waals surface area contributed by atoms with Crippen LogP contribution >= 0.6 is 24.0 Å². The van der Waals surface area contributed by atoms with E-state index in [0.29, 0.717) is 37.9 Å². The molecule has 162 valence electrons. The quantitative estimate of drug-likeness (QED) is 0.203. The molecule has 0 spiro atoms. The molecule has 1 unspecified atom stereocenters. The number of aliphatic imine (C=N–C) groups is 1. The molecule has 0 saturated carbocycles. The average Bonchev–Trinajstić information content (AvgIpc) is 3.05. The third kappa shape index (κ3) is 7.12. The summed E-state index contributed by atoms with van der Waals surface area (Å²) in [5, 5.41) is 11.1. The Kier molecular flexibility index (Phi) is 10.6. The highest BCUT2D eigenvalue weighted by atomic mass is 127. The van der Waals surface area contributed by atoms with Crippen LogP contribution in [0.4, 0.5) is 0 Å². The van der Waals surface area contributed by atoms with E-state index in [-0.39, 0.29) is 35.8 Å².